The first kappa shape index (κ1) is 13.5. The molecule has 3 aliphatic rings. The lowest BCUT2D eigenvalue weighted by Gasteiger charge is -2.28. The molecule has 18 heavy (non-hydrogen) atoms. The van der Waals surface area contributed by atoms with E-state index in [1.54, 1.807) is 11.8 Å². The van der Waals surface area contributed by atoms with Gasteiger partial charge in [0.05, 0.1) is 0 Å². The lowest BCUT2D eigenvalue weighted by Crippen LogP contribution is -2.50. The van der Waals surface area contributed by atoms with Crippen LogP contribution in [0, 0.1) is 0 Å². The number of amides is 1. The molecule has 0 radical (unpaired) electrons. The van der Waals surface area contributed by atoms with Crippen molar-refractivity contribution in [1.29, 1.82) is 0 Å². The molecule has 1 amide bonds. The van der Waals surface area contributed by atoms with Crippen molar-refractivity contribution in [3.05, 3.63) is 22.1 Å². The molecule has 0 aromatic carbocycles. The van der Waals surface area contributed by atoms with Crippen LogP contribution in [-0.4, -0.2) is 42.9 Å². The van der Waals surface area contributed by atoms with Crippen molar-refractivity contribution in [2.24, 2.45) is 4.99 Å². The Hall–Kier alpha value is -0.980. The van der Waals surface area contributed by atoms with Crippen LogP contribution in [0.15, 0.2) is 27.1 Å². The Bertz CT molecular complexity index is 430. The molecule has 0 bridgehead atoms. The van der Waals surface area contributed by atoms with E-state index in [0.29, 0.717) is 11.7 Å². The van der Waals surface area contributed by atoms with Crippen LogP contribution in [0.2, 0.25) is 0 Å². The van der Waals surface area contributed by atoms with E-state index in [4.69, 9.17) is 0 Å². The van der Waals surface area contributed by atoms with Crippen LogP contribution in [0.4, 0.5) is 0 Å². The van der Waals surface area contributed by atoms with Crippen LogP contribution in [0.5, 0.6) is 0 Å². The number of aliphatic imine (C=N–C) groups is 1. The van der Waals surface area contributed by atoms with Crippen molar-refractivity contribution >= 4 is 36.0 Å². The number of nitrogens with zero attached hydrogens (tertiary/aromatic N) is 2. The molecule has 2 N–H and O–H groups in total. The second-order valence-corrected chi connectivity index (χ2v) is 5.09. The zero-order valence-electron chi connectivity index (χ0n) is 9.81. The molecule has 5 nitrogen and oxygen atoms in total. The maximum atomic E-state index is 11.8. The first-order valence-corrected chi connectivity index (χ1v) is 6.63. The molecule has 3 aliphatic heterocycles. The number of allylic oxidation sites excluding steroid dienone is 2. The fraction of sp³-hybridized carbons (Fsp3) is 0.455. The first-order chi connectivity index (χ1) is 8.34. The number of nitrogens with one attached hydrogen (secondary N) is 2. The molecular weight excluding hydrogens is 272 g/mol. The Morgan fingerprint density at radius 3 is 2.78 bits per heavy atom. The Kier molecular flexibility index (Phi) is 4.31. The average Bonchev–Trinajstić information content (AvgIpc) is 2.99. The van der Waals surface area contributed by atoms with Gasteiger partial charge >= 0.3 is 0 Å². The number of guanidine groups is 1. The number of carbonyl (C=O) groups excluding carboxylic acids is 1. The highest BCUT2D eigenvalue weighted by Gasteiger charge is 2.28. The summed E-state index contributed by atoms with van der Waals surface area (Å²) in [6.45, 7) is 3.68. The fourth-order valence-electron chi connectivity index (χ4n) is 2.05. The predicted octanol–water partition coefficient (Wildman–Crippen LogP) is 0.661. The lowest BCUT2D eigenvalue weighted by molar-refractivity contribution is -0.115. The molecule has 1 saturated heterocycles. The predicted molar refractivity (Wildman–Crippen MR) is 75.6 cm³/mol. The molecule has 98 valence electrons. The van der Waals surface area contributed by atoms with Gasteiger partial charge in [-0.25, -0.2) is 4.99 Å². The molecule has 0 unspecified atom stereocenters. The summed E-state index contributed by atoms with van der Waals surface area (Å²) in [7, 11) is 0. The van der Waals surface area contributed by atoms with Crippen molar-refractivity contribution in [3.8, 4) is 0 Å². The van der Waals surface area contributed by atoms with Crippen LogP contribution in [0.25, 0.3) is 0 Å². The third kappa shape index (κ3) is 2.55. The van der Waals surface area contributed by atoms with Crippen LogP contribution < -0.4 is 10.6 Å². The normalized spacial score (nSPS) is 27.0. The third-order valence-electron chi connectivity index (χ3n) is 2.95. The minimum atomic E-state index is -0.0651. The number of thioether (sulfide) groups is 1. The number of rotatable bonds is 0. The van der Waals surface area contributed by atoms with Gasteiger partial charge in [-0.1, -0.05) is 6.08 Å². The molecule has 7 heteroatoms. The van der Waals surface area contributed by atoms with Crippen molar-refractivity contribution in [1.82, 2.24) is 15.5 Å². The molecule has 3 heterocycles. The van der Waals surface area contributed by atoms with Crippen molar-refractivity contribution in [3.63, 3.8) is 0 Å². The summed E-state index contributed by atoms with van der Waals surface area (Å²) >= 11 is 1.59. The van der Waals surface area contributed by atoms with E-state index in [0.717, 1.165) is 37.5 Å². The zero-order chi connectivity index (χ0) is 11.7. The van der Waals surface area contributed by atoms with Gasteiger partial charge in [0.1, 0.15) is 5.70 Å². The Morgan fingerprint density at radius 1 is 1.33 bits per heavy atom. The van der Waals surface area contributed by atoms with E-state index in [1.165, 1.54) is 0 Å². The highest BCUT2D eigenvalue weighted by atomic mass is 35.5. The van der Waals surface area contributed by atoms with E-state index in [1.807, 2.05) is 5.41 Å². The van der Waals surface area contributed by atoms with E-state index in [9.17, 15) is 4.79 Å². The van der Waals surface area contributed by atoms with Crippen LogP contribution in [0.3, 0.4) is 0 Å². The number of hydrogen-bond donors (Lipinski definition) is 2. The largest absolute Gasteiger partial charge is 0.340 e. The minimum absolute atomic E-state index is 0. The van der Waals surface area contributed by atoms with E-state index >= 15 is 0 Å². The molecule has 0 aromatic heterocycles. The Morgan fingerprint density at radius 2 is 2.11 bits per heavy atom. The van der Waals surface area contributed by atoms with Gasteiger partial charge in [-0.15, -0.1) is 24.2 Å². The summed E-state index contributed by atoms with van der Waals surface area (Å²) in [6, 6.07) is 0. The molecule has 1 fully saturated rings. The number of hydrogen-bond acceptors (Lipinski definition) is 5. The van der Waals surface area contributed by atoms with Crippen molar-refractivity contribution in [2.45, 2.75) is 6.42 Å². The van der Waals surface area contributed by atoms with Crippen LogP contribution in [-0.2, 0) is 4.79 Å². The maximum absolute atomic E-state index is 11.8. The van der Waals surface area contributed by atoms with Gasteiger partial charge in [0, 0.05) is 31.1 Å². The number of piperazine rings is 1. The fourth-order valence-corrected chi connectivity index (χ4v) is 2.85. The van der Waals surface area contributed by atoms with Crippen LogP contribution >= 0.6 is 24.2 Å². The Labute approximate surface area is 116 Å². The molecular formula is C11H15ClN4OS. The summed E-state index contributed by atoms with van der Waals surface area (Å²) in [4.78, 5) is 19.5. The van der Waals surface area contributed by atoms with Crippen molar-refractivity contribution < 1.29 is 4.79 Å². The standard InChI is InChI=1S/C11H14N4OS.ClH/c16-10-9(8-2-1-7-17-8)13-11(14-10)15-5-3-12-4-6-15;/h1,7,12H,2-6H2,(H,13,14,16);1H/b9-8-;. The molecule has 0 aliphatic carbocycles. The second-order valence-electron chi connectivity index (χ2n) is 4.09. The maximum Gasteiger partial charge on any atom is 0.277 e. The zero-order valence-corrected chi connectivity index (χ0v) is 11.4. The van der Waals surface area contributed by atoms with Gasteiger partial charge in [-0.2, -0.15) is 0 Å². The lowest BCUT2D eigenvalue weighted by atomic mass is 10.3. The smallest absolute Gasteiger partial charge is 0.277 e. The highest BCUT2D eigenvalue weighted by Crippen LogP contribution is 2.32. The van der Waals surface area contributed by atoms with Gasteiger partial charge in [-0.05, 0) is 11.8 Å². The van der Waals surface area contributed by atoms with E-state index < -0.39 is 0 Å². The van der Waals surface area contributed by atoms with Crippen LogP contribution in [0.1, 0.15) is 6.42 Å². The summed E-state index contributed by atoms with van der Waals surface area (Å²) in [5.41, 5.74) is 0.591. The topological polar surface area (TPSA) is 56.7 Å². The van der Waals surface area contributed by atoms with E-state index in [2.05, 4.69) is 26.6 Å². The van der Waals surface area contributed by atoms with Gasteiger partial charge in [0.2, 0.25) is 5.96 Å². The molecule has 0 saturated carbocycles. The summed E-state index contributed by atoms with van der Waals surface area (Å²) in [6.07, 6.45) is 2.88. The first-order valence-electron chi connectivity index (χ1n) is 5.75. The highest BCUT2D eigenvalue weighted by molar-refractivity contribution is 8.06. The minimum Gasteiger partial charge on any atom is -0.340 e. The van der Waals surface area contributed by atoms with Gasteiger partial charge in [-0.3, -0.25) is 10.1 Å². The summed E-state index contributed by atoms with van der Waals surface area (Å²) in [5, 5.41) is 8.15. The van der Waals surface area contributed by atoms with Gasteiger partial charge in [0.15, 0.2) is 0 Å². The Balaban J connectivity index is 0.00000120. The quantitative estimate of drug-likeness (QED) is 0.643. The molecule has 0 aromatic rings. The SMILES string of the molecule is Cl.O=C1NC(N2CCNCC2)=N/C1=C1/CC=CS1. The monoisotopic (exact) mass is 286 g/mol. The average molecular weight is 287 g/mol. The number of halogens is 1. The summed E-state index contributed by atoms with van der Waals surface area (Å²) in [5.74, 6) is 0.649. The van der Waals surface area contributed by atoms with Gasteiger partial charge < -0.3 is 10.2 Å². The van der Waals surface area contributed by atoms with E-state index in [-0.39, 0.29) is 18.3 Å². The number of carbonyl (C=O) groups is 1. The molecule has 0 spiro atoms. The summed E-state index contributed by atoms with van der Waals surface area (Å²) < 4.78 is 0. The molecule has 0 atom stereocenters. The molecule has 3 rings (SSSR count). The van der Waals surface area contributed by atoms with Gasteiger partial charge in [0.25, 0.3) is 5.91 Å². The second kappa shape index (κ2) is 5.77. The third-order valence-corrected chi connectivity index (χ3v) is 3.92. The van der Waals surface area contributed by atoms with Crippen molar-refractivity contribution in [2.75, 3.05) is 26.2 Å².